The quantitative estimate of drug-likeness (QED) is 0.603. The van der Waals surface area contributed by atoms with Gasteiger partial charge in [-0.25, -0.2) is 4.98 Å². The molecule has 1 aromatic carbocycles. The number of H-pyrrole nitrogens is 1. The second kappa shape index (κ2) is 9.88. The van der Waals surface area contributed by atoms with E-state index in [1.165, 1.54) is 25.7 Å². The topological polar surface area (TPSA) is 78.1 Å². The van der Waals surface area contributed by atoms with E-state index < -0.39 is 0 Å². The van der Waals surface area contributed by atoms with Gasteiger partial charge in [-0.05, 0) is 48.9 Å². The summed E-state index contributed by atoms with van der Waals surface area (Å²) < 4.78 is 0.968. The molecule has 30 heavy (non-hydrogen) atoms. The average Bonchev–Trinajstić information content (AvgIpc) is 3.29. The average molecular weight is 473 g/mol. The van der Waals surface area contributed by atoms with E-state index >= 15 is 0 Å². The van der Waals surface area contributed by atoms with Crippen LogP contribution in [0.4, 0.5) is 0 Å². The molecule has 1 saturated carbocycles. The highest BCUT2D eigenvalue weighted by Gasteiger charge is 2.39. The molecule has 1 aliphatic heterocycles. The molecule has 2 fully saturated rings. The third kappa shape index (κ3) is 5.01. The minimum atomic E-state index is -0.292. The van der Waals surface area contributed by atoms with Crippen LogP contribution in [0.2, 0.25) is 0 Å². The van der Waals surface area contributed by atoms with Crippen molar-refractivity contribution in [1.82, 2.24) is 20.2 Å². The third-order valence-corrected chi connectivity index (χ3v) is 7.17. The fourth-order valence-corrected chi connectivity index (χ4v) is 5.27. The predicted molar refractivity (Wildman–Crippen MR) is 119 cm³/mol. The molecule has 1 amide bonds. The maximum atomic E-state index is 13.4. The monoisotopic (exact) mass is 472 g/mol. The van der Waals surface area contributed by atoms with Crippen molar-refractivity contribution in [2.75, 3.05) is 13.1 Å². The van der Waals surface area contributed by atoms with Crippen LogP contribution in [0.3, 0.4) is 0 Å². The number of aromatic nitrogens is 2. The van der Waals surface area contributed by atoms with Crippen LogP contribution in [0.15, 0.2) is 41.3 Å². The van der Waals surface area contributed by atoms with Crippen LogP contribution >= 0.6 is 15.9 Å². The van der Waals surface area contributed by atoms with E-state index in [9.17, 15) is 9.59 Å². The van der Waals surface area contributed by atoms with Gasteiger partial charge >= 0.3 is 0 Å². The Morgan fingerprint density at radius 1 is 1.27 bits per heavy atom. The zero-order valence-corrected chi connectivity index (χ0v) is 18.7. The summed E-state index contributed by atoms with van der Waals surface area (Å²) in [7, 11) is 0. The minimum absolute atomic E-state index is 0.0922. The first-order valence-corrected chi connectivity index (χ1v) is 11.7. The fourth-order valence-electron chi connectivity index (χ4n) is 5.00. The molecule has 1 aliphatic carbocycles. The van der Waals surface area contributed by atoms with Gasteiger partial charge in [0.05, 0.1) is 12.4 Å². The molecular weight excluding hydrogens is 444 g/mol. The number of likely N-dealkylation sites (tertiary alicyclic amines) is 1. The van der Waals surface area contributed by atoms with Crippen LogP contribution in [0.1, 0.15) is 48.2 Å². The number of benzene rings is 1. The van der Waals surface area contributed by atoms with E-state index in [0.717, 1.165) is 35.0 Å². The van der Waals surface area contributed by atoms with E-state index in [0.29, 0.717) is 24.8 Å². The maximum absolute atomic E-state index is 13.4. The number of hydrogen-bond donors (Lipinski definition) is 2. The molecule has 2 heterocycles. The number of hydrogen-bond acceptors (Lipinski definition) is 4. The highest BCUT2D eigenvalue weighted by molar-refractivity contribution is 9.10. The first kappa shape index (κ1) is 21.2. The summed E-state index contributed by atoms with van der Waals surface area (Å²) in [6.45, 7) is 1.45. The standard InChI is InChI=1S/C23H29BrN4O2/c24-19-7-5-16(6-8-19)23(30)28-13-18-4-2-1-3-17(18)9-22(28)12-26-21(14-29)10-20-11-25-15-27-20/h5-8,11,14-15,17-18,21-22,26H,1-4,9-10,12-13H2,(H,25,27)/t17-,18+,21?,22+/m0/s1. The number of halogens is 1. The first-order chi connectivity index (χ1) is 14.6. The molecule has 6 nitrogen and oxygen atoms in total. The SMILES string of the molecule is O=CC(Cc1cnc[nH]1)NC[C@H]1C[C@@H]2CCCC[C@@H]2CN1C(=O)c1ccc(Br)cc1. The second-order valence-corrected chi connectivity index (χ2v) is 9.51. The summed E-state index contributed by atoms with van der Waals surface area (Å²) in [6, 6.07) is 7.41. The Hall–Kier alpha value is -1.99. The lowest BCUT2D eigenvalue weighted by atomic mass is 9.72. The van der Waals surface area contributed by atoms with E-state index in [4.69, 9.17) is 0 Å². The lowest BCUT2D eigenvalue weighted by Gasteiger charge is -2.46. The van der Waals surface area contributed by atoms with Crippen LogP contribution in [0, 0.1) is 11.8 Å². The number of imidazole rings is 1. The predicted octanol–water partition coefficient (Wildman–Crippen LogP) is 3.59. The van der Waals surface area contributed by atoms with Crippen LogP contribution in [-0.2, 0) is 11.2 Å². The summed E-state index contributed by atoms with van der Waals surface area (Å²) >= 11 is 3.45. The first-order valence-electron chi connectivity index (χ1n) is 10.9. The summed E-state index contributed by atoms with van der Waals surface area (Å²) in [4.78, 5) is 34.1. The van der Waals surface area contributed by atoms with Crippen molar-refractivity contribution in [2.24, 2.45) is 11.8 Å². The molecule has 2 N–H and O–H groups in total. The van der Waals surface area contributed by atoms with Crippen LogP contribution in [0.25, 0.3) is 0 Å². The molecule has 0 spiro atoms. The van der Waals surface area contributed by atoms with E-state index in [1.807, 2.05) is 24.3 Å². The van der Waals surface area contributed by atoms with Gasteiger partial charge in [0.25, 0.3) is 5.91 Å². The van der Waals surface area contributed by atoms with Crippen molar-refractivity contribution in [3.05, 3.63) is 52.5 Å². The Bertz CT molecular complexity index is 839. The molecule has 1 saturated heterocycles. The lowest BCUT2D eigenvalue weighted by Crippen LogP contribution is -2.55. The molecule has 4 rings (SSSR count). The number of rotatable bonds is 7. The number of aromatic amines is 1. The Kier molecular flexibility index (Phi) is 7.00. The van der Waals surface area contributed by atoms with Gasteiger partial charge in [0.1, 0.15) is 6.29 Å². The Morgan fingerprint density at radius 3 is 2.73 bits per heavy atom. The van der Waals surface area contributed by atoms with Gasteiger partial charge in [-0.3, -0.25) is 4.79 Å². The van der Waals surface area contributed by atoms with Crippen LogP contribution in [0.5, 0.6) is 0 Å². The largest absolute Gasteiger partial charge is 0.348 e. The maximum Gasteiger partial charge on any atom is 0.254 e. The van der Waals surface area contributed by atoms with Gasteiger partial charge in [-0.2, -0.15) is 0 Å². The summed E-state index contributed by atoms with van der Waals surface area (Å²) in [5.74, 6) is 1.37. The number of carbonyl (C=O) groups is 2. The van der Waals surface area contributed by atoms with E-state index in [1.54, 1.807) is 12.5 Å². The van der Waals surface area contributed by atoms with Gasteiger partial charge in [0.15, 0.2) is 0 Å². The smallest absolute Gasteiger partial charge is 0.254 e. The fraction of sp³-hybridized carbons (Fsp3) is 0.522. The molecule has 1 unspecified atom stereocenters. The molecule has 2 aliphatic rings. The minimum Gasteiger partial charge on any atom is -0.348 e. The van der Waals surface area contributed by atoms with Crippen molar-refractivity contribution in [2.45, 2.75) is 50.6 Å². The van der Waals surface area contributed by atoms with E-state index in [-0.39, 0.29) is 18.0 Å². The Balaban J connectivity index is 1.47. The second-order valence-electron chi connectivity index (χ2n) is 8.59. The zero-order valence-electron chi connectivity index (χ0n) is 17.1. The number of aldehydes is 1. The Labute approximate surface area is 186 Å². The number of piperidine rings is 1. The van der Waals surface area contributed by atoms with Crippen molar-refractivity contribution >= 4 is 28.1 Å². The van der Waals surface area contributed by atoms with Gasteiger partial charge < -0.3 is 20.0 Å². The molecule has 0 radical (unpaired) electrons. The lowest BCUT2D eigenvalue weighted by molar-refractivity contribution is -0.109. The molecule has 7 heteroatoms. The highest BCUT2D eigenvalue weighted by Crippen LogP contribution is 2.39. The van der Waals surface area contributed by atoms with Gasteiger partial charge in [-0.15, -0.1) is 0 Å². The summed E-state index contributed by atoms with van der Waals surface area (Å²) in [6.07, 6.45) is 10.9. The van der Waals surface area contributed by atoms with Crippen LogP contribution in [-0.4, -0.2) is 52.2 Å². The van der Waals surface area contributed by atoms with Crippen molar-refractivity contribution in [3.8, 4) is 0 Å². The molecule has 2 aromatic rings. The molecular formula is C23H29BrN4O2. The normalized spacial score (nSPS) is 24.8. The highest BCUT2D eigenvalue weighted by atomic mass is 79.9. The summed E-state index contributed by atoms with van der Waals surface area (Å²) in [5, 5.41) is 3.40. The Morgan fingerprint density at radius 2 is 2.03 bits per heavy atom. The van der Waals surface area contributed by atoms with Gasteiger partial charge in [0, 0.05) is 47.5 Å². The number of nitrogens with one attached hydrogen (secondary N) is 2. The molecule has 1 aromatic heterocycles. The van der Waals surface area contributed by atoms with Crippen molar-refractivity contribution in [1.29, 1.82) is 0 Å². The molecule has 0 bridgehead atoms. The van der Waals surface area contributed by atoms with Crippen molar-refractivity contribution < 1.29 is 9.59 Å². The number of carbonyl (C=O) groups excluding carboxylic acids is 2. The number of amides is 1. The number of nitrogens with zero attached hydrogens (tertiary/aromatic N) is 2. The van der Waals surface area contributed by atoms with E-state index in [2.05, 4.69) is 36.1 Å². The molecule has 160 valence electrons. The van der Waals surface area contributed by atoms with Gasteiger partial charge in [-0.1, -0.05) is 35.2 Å². The van der Waals surface area contributed by atoms with Gasteiger partial charge in [0.2, 0.25) is 0 Å². The van der Waals surface area contributed by atoms with Crippen LogP contribution < -0.4 is 5.32 Å². The molecule has 4 atom stereocenters. The summed E-state index contributed by atoms with van der Waals surface area (Å²) in [5.41, 5.74) is 1.65. The third-order valence-electron chi connectivity index (χ3n) is 6.64. The number of fused-ring (bicyclic) bond motifs is 1. The van der Waals surface area contributed by atoms with Crippen molar-refractivity contribution in [3.63, 3.8) is 0 Å². The zero-order chi connectivity index (χ0) is 20.9.